The number of nitrogens with one attached hydrogen (secondary N) is 1. The zero-order valence-corrected chi connectivity index (χ0v) is 9.85. The number of carbonyl (C=O) groups is 1. The molecule has 3 nitrogen and oxygen atoms in total. The number of unbranched alkanes of at least 4 members (excludes halogenated alkanes) is 1. The molecule has 1 aromatic rings. The van der Waals surface area contributed by atoms with Crippen molar-refractivity contribution in [2.45, 2.75) is 26.7 Å². The molecule has 0 aliphatic carbocycles. The molecule has 0 heterocycles. The Balaban J connectivity index is 2.63. The van der Waals surface area contributed by atoms with Gasteiger partial charge in [-0.05, 0) is 25.0 Å². The minimum absolute atomic E-state index is 0.187. The first kappa shape index (κ1) is 13.4. The van der Waals surface area contributed by atoms with Crippen LogP contribution in [-0.4, -0.2) is 12.7 Å². The van der Waals surface area contributed by atoms with Gasteiger partial charge in [-0.3, -0.25) is 5.32 Å². The fraction of sp³-hybridized carbons (Fsp3) is 0.417. The highest BCUT2D eigenvalue weighted by Gasteiger charge is 2.13. The summed E-state index contributed by atoms with van der Waals surface area (Å²) in [5, 5.41) is 2.16. The van der Waals surface area contributed by atoms with Gasteiger partial charge < -0.3 is 4.74 Å². The molecule has 0 aromatic heterocycles. The lowest BCUT2D eigenvalue weighted by Crippen LogP contribution is -2.15. The topological polar surface area (TPSA) is 38.3 Å². The molecule has 0 saturated carbocycles. The maximum absolute atomic E-state index is 13.4. The average molecular weight is 243 g/mol. The lowest BCUT2D eigenvalue weighted by atomic mass is 10.2. The van der Waals surface area contributed by atoms with Gasteiger partial charge in [-0.25, -0.2) is 13.6 Å². The lowest BCUT2D eigenvalue weighted by Gasteiger charge is -2.08. The molecule has 94 valence electrons. The molecule has 5 heteroatoms. The molecule has 0 spiro atoms. The van der Waals surface area contributed by atoms with Crippen LogP contribution in [0.5, 0.6) is 0 Å². The van der Waals surface area contributed by atoms with E-state index in [2.05, 4.69) is 5.32 Å². The molecule has 1 amide bonds. The van der Waals surface area contributed by atoms with Gasteiger partial charge in [-0.2, -0.15) is 0 Å². The van der Waals surface area contributed by atoms with Crippen LogP contribution in [-0.2, 0) is 4.74 Å². The lowest BCUT2D eigenvalue weighted by molar-refractivity contribution is 0.159. The second kappa shape index (κ2) is 6.18. The van der Waals surface area contributed by atoms with Gasteiger partial charge in [0.2, 0.25) is 0 Å². The number of aryl methyl sites for hydroxylation is 1. The Morgan fingerprint density at radius 1 is 1.35 bits per heavy atom. The maximum atomic E-state index is 13.4. The molecule has 0 aliphatic heterocycles. The number of amides is 1. The molecule has 17 heavy (non-hydrogen) atoms. The van der Waals surface area contributed by atoms with Crippen molar-refractivity contribution in [1.82, 2.24) is 0 Å². The molecular weight excluding hydrogens is 228 g/mol. The molecule has 1 N–H and O–H groups in total. The van der Waals surface area contributed by atoms with E-state index in [9.17, 15) is 13.6 Å². The molecule has 0 unspecified atom stereocenters. The summed E-state index contributed by atoms with van der Waals surface area (Å²) in [6.07, 6.45) is 0.847. The van der Waals surface area contributed by atoms with Gasteiger partial charge in [-0.15, -0.1) is 0 Å². The highest BCUT2D eigenvalue weighted by atomic mass is 19.2. The van der Waals surface area contributed by atoms with Crippen LogP contribution in [0.15, 0.2) is 12.1 Å². The fourth-order valence-electron chi connectivity index (χ4n) is 1.20. The van der Waals surface area contributed by atoms with Crippen molar-refractivity contribution in [2.24, 2.45) is 0 Å². The van der Waals surface area contributed by atoms with Gasteiger partial charge in [0, 0.05) is 0 Å². The minimum atomic E-state index is -1.07. The van der Waals surface area contributed by atoms with Gasteiger partial charge in [0.1, 0.15) is 0 Å². The summed E-state index contributed by atoms with van der Waals surface area (Å²) in [6.45, 7) is 3.66. The van der Waals surface area contributed by atoms with E-state index in [1.54, 1.807) is 0 Å². The van der Waals surface area contributed by atoms with Crippen molar-refractivity contribution in [3.05, 3.63) is 29.3 Å². The number of ether oxygens (including phenoxy) is 1. The van der Waals surface area contributed by atoms with Crippen molar-refractivity contribution in [3.8, 4) is 0 Å². The summed E-state index contributed by atoms with van der Waals surface area (Å²) in [7, 11) is 0. The highest BCUT2D eigenvalue weighted by molar-refractivity contribution is 5.84. The van der Waals surface area contributed by atoms with Crippen LogP contribution in [0.2, 0.25) is 0 Å². The number of carbonyl (C=O) groups excluding carboxylic acids is 1. The molecule has 0 aliphatic rings. The summed E-state index contributed by atoms with van der Waals surface area (Å²) in [5.74, 6) is -2.03. The Morgan fingerprint density at radius 3 is 2.71 bits per heavy atom. The van der Waals surface area contributed by atoms with E-state index in [4.69, 9.17) is 4.74 Å². The number of halogens is 2. The standard InChI is InChI=1S/C12H15F2NO2/c1-3-4-7-17-12(16)15-9-6-5-8(2)10(13)11(9)14/h5-6H,3-4,7H2,1-2H3,(H,15,16). The van der Waals surface area contributed by atoms with Crippen molar-refractivity contribution in [3.63, 3.8) is 0 Å². The first-order chi connectivity index (χ1) is 8.06. The summed E-state index contributed by atoms with van der Waals surface area (Å²) in [6, 6.07) is 2.69. The summed E-state index contributed by atoms with van der Waals surface area (Å²) < 4.78 is 31.3. The van der Waals surface area contributed by atoms with Crippen LogP contribution >= 0.6 is 0 Å². The normalized spacial score (nSPS) is 10.1. The Labute approximate surface area is 98.8 Å². The van der Waals surface area contributed by atoms with E-state index in [0.29, 0.717) is 0 Å². The predicted octanol–water partition coefficient (Wildman–Crippen LogP) is 3.62. The van der Waals surface area contributed by atoms with Crippen molar-refractivity contribution < 1.29 is 18.3 Å². The molecule has 0 radical (unpaired) electrons. The quantitative estimate of drug-likeness (QED) is 0.820. The molecular formula is C12H15F2NO2. The van der Waals surface area contributed by atoms with Crippen LogP contribution in [0.3, 0.4) is 0 Å². The van der Waals surface area contributed by atoms with Crippen LogP contribution in [0.25, 0.3) is 0 Å². The highest BCUT2D eigenvalue weighted by Crippen LogP contribution is 2.20. The third kappa shape index (κ3) is 3.69. The second-order valence-electron chi connectivity index (χ2n) is 3.67. The van der Waals surface area contributed by atoms with E-state index in [-0.39, 0.29) is 17.9 Å². The Hall–Kier alpha value is -1.65. The van der Waals surface area contributed by atoms with Gasteiger partial charge in [0.15, 0.2) is 11.6 Å². The minimum Gasteiger partial charge on any atom is -0.449 e. The maximum Gasteiger partial charge on any atom is 0.411 e. The van der Waals surface area contributed by atoms with Crippen molar-refractivity contribution >= 4 is 11.8 Å². The average Bonchev–Trinajstić information content (AvgIpc) is 2.30. The van der Waals surface area contributed by atoms with E-state index in [1.807, 2.05) is 6.92 Å². The van der Waals surface area contributed by atoms with E-state index >= 15 is 0 Å². The number of rotatable bonds is 4. The first-order valence-corrected chi connectivity index (χ1v) is 5.44. The smallest absolute Gasteiger partial charge is 0.411 e. The molecule has 1 rings (SSSR count). The van der Waals surface area contributed by atoms with E-state index in [0.717, 1.165) is 12.8 Å². The summed E-state index contributed by atoms with van der Waals surface area (Å²) in [5.41, 5.74) is -0.0259. The van der Waals surface area contributed by atoms with Crippen molar-refractivity contribution in [2.75, 3.05) is 11.9 Å². The van der Waals surface area contributed by atoms with Gasteiger partial charge in [0.25, 0.3) is 0 Å². The molecule has 0 saturated heterocycles. The van der Waals surface area contributed by atoms with Crippen molar-refractivity contribution in [1.29, 1.82) is 0 Å². The summed E-state index contributed by atoms with van der Waals surface area (Å²) >= 11 is 0. The Bertz CT molecular complexity index is 408. The van der Waals surface area contributed by atoms with Crippen LogP contribution < -0.4 is 5.32 Å². The first-order valence-electron chi connectivity index (χ1n) is 5.44. The number of hydrogen-bond acceptors (Lipinski definition) is 2. The SMILES string of the molecule is CCCCOC(=O)Nc1ccc(C)c(F)c1F. The summed E-state index contributed by atoms with van der Waals surface area (Å²) in [4.78, 5) is 11.2. The number of anilines is 1. The zero-order chi connectivity index (χ0) is 12.8. The van der Waals surface area contributed by atoms with Crippen LogP contribution in [0.4, 0.5) is 19.3 Å². The van der Waals surface area contributed by atoms with Crippen LogP contribution in [0.1, 0.15) is 25.3 Å². The Kier molecular flexibility index (Phi) is 4.87. The van der Waals surface area contributed by atoms with E-state index < -0.39 is 17.7 Å². The largest absolute Gasteiger partial charge is 0.449 e. The molecule has 1 aromatic carbocycles. The number of benzene rings is 1. The van der Waals surface area contributed by atoms with Gasteiger partial charge in [0.05, 0.1) is 12.3 Å². The monoisotopic (exact) mass is 243 g/mol. The third-order valence-corrected chi connectivity index (χ3v) is 2.24. The second-order valence-corrected chi connectivity index (χ2v) is 3.67. The number of hydrogen-bond donors (Lipinski definition) is 1. The molecule has 0 atom stereocenters. The zero-order valence-electron chi connectivity index (χ0n) is 9.85. The fourth-order valence-corrected chi connectivity index (χ4v) is 1.20. The molecule has 0 bridgehead atoms. The predicted molar refractivity (Wildman–Crippen MR) is 61.0 cm³/mol. The molecule has 0 fully saturated rings. The third-order valence-electron chi connectivity index (χ3n) is 2.24. The Morgan fingerprint density at radius 2 is 2.06 bits per heavy atom. The van der Waals surface area contributed by atoms with Gasteiger partial charge in [-0.1, -0.05) is 19.4 Å². The van der Waals surface area contributed by atoms with Gasteiger partial charge >= 0.3 is 6.09 Å². The van der Waals surface area contributed by atoms with E-state index in [1.165, 1.54) is 19.1 Å². The van der Waals surface area contributed by atoms with Crippen LogP contribution in [0, 0.1) is 18.6 Å².